The number of nitrogens with one attached hydrogen (secondary N) is 1. The van der Waals surface area contributed by atoms with Crippen molar-refractivity contribution in [3.05, 3.63) is 0 Å². The van der Waals surface area contributed by atoms with Gasteiger partial charge in [0.2, 0.25) is 0 Å². The summed E-state index contributed by atoms with van der Waals surface area (Å²) in [7, 11) is 3.70. The number of ether oxygens (including phenoxy) is 1. The van der Waals surface area contributed by atoms with Crippen molar-refractivity contribution in [2.75, 3.05) is 14.2 Å². The number of nitrogens with zero attached hydrogens (tertiary/aromatic N) is 1. The van der Waals surface area contributed by atoms with E-state index in [1.807, 2.05) is 0 Å². The molecule has 1 saturated carbocycles. The number of rotatable bonds is 7. The Morgan fingerprint density at radius 1 is 1.43 bits per heavy atom. The summed E-state index contributed by atoms with van der Waals surface area (Å²) in [5, 5.41) is 3.50. The van der Waals surface area contributed by atoms with Gasteiger partial charge in [-0.05, 0) is 59.9 Å². The fourth-order valence-electron chi connectivity index (χ4n) is 3.70. The van der Waals surface area contributed by atoms with Crippen LogP contribution < -0.4 is 5.32 Å². The lowest BCUT2D eigenvalue weighted by molar-refractivity contribution is -0.151. The molecule has 1 aliphatic rings. The molecular weight excluding hydrogens is 264 g/mol. The molecule has 0 heterocycles. The van der Waals surface area contributed by atoms with Gasteiger partial charge in [-0.15, -0.1) is 0 Å². The van der Waals surface area contributed by atoms with E-state index in [0.29, 0.717) is 12.1 Å². The lowest BCUT2D eigenvalue weighted by Crippen LogP contribution is -2.60. The van der Waals surface area contributed by atoms with Crippen LogP contribution in [0.15, 0.2) is 0 Å². The maximum atomic E-state index is 12.4. The van der Waals surface area contributed by atoms with Gasteiger partial charge in [0, 0.05) is 18.1 Å². The molecule has 21 heavy (non-hydrogen) atoms. The van der Waals surface area contributed by atoms with Crippen LogP contribution in [-0.4, -0.2) is 48.7 Å². The number of methoxy groups -OCH3 is 1. The Kier molecular flexibility index (Phi) is 7.14. The minimum Gasteiger partial charge on any atom is -0.468 e. The normalized spacial score (nSPS) is 27.9. The fourth-order valence-corrected chi connectivity index (χ4v) is 3.70. The van der Waals surface area contributed by atoms with Crippen LogP contribution in [0.3, 0.4) is 0 Å². The summed E-state index contributed by atoms with van der Waals surface area (Å²) in [4.78, 5) is 14.8. The summed E-state index contributed by atoms with van der Waals surface area (Å²) >= 11 is 0. The minimum atomic E-state index is -0.508. The highest BCUT2D eigenvalue weighted by Crippen LogP contribution is 2.33. The van der Waals surface area contributed by atoms with Crippen LogP contribution in [0.4, 0.5) is 0 Å². The van der Waals surface area contributed by atoms with Gasteiger partial charge in [-0.25, -0.2) is 0 Å². The van der Waals surface area contributed by atoms with Crippen molar-refractivity contribution in [1.29, 1.82) is 0 Å². The fraction of sp³-hybridized carbons (Fsp3) is 0.941. The standard InChI is InChI=1S/C17H34N2O2/c1-7-9-14(4)19(5)15-10-8-11-17(12-15,16(20)21-6)18-13(2)3/h13-15,18H,7-12H2,1-6H3. The predicted molar refractivity (Wildman–Crippen MR) is 87.4 cm³/mol. The van der Waals surface area contributed by atoms with Crippen molar-refractivity contribution >= 4 is 5.97 Å². The molecule has 1 aliphatic carbocycles. The molecule has 0 saturated heterocycles. The van der Waals surface area contributed by atoms with E-state index in [9.17, 15) is 4.79 Å². The highest BCUT2D eigenvalue weighted by Gasteiger charge is 2.45. The van der Waals surface area contributed by atoms with Gasteiger partial charge < -0.3 is 9.64 Å². The van der Waals surface area contributed by atoms with E-state index >= 15 is 0 Å². The van der Waals surface area contributed by atoms with E-state index in [-0.39, 0.29) is 12.0 Å². The van der Waals surface area contributed by atoms with Crippen LogP contribution in [0.25, 0.3) is 0 Å². The van der Waals surface area contributed by atoms with Crippen molar-refractivity contribution in [1.82, 2.24) is 10.2 Å². The third-order valence-electron chi connectivity index (χ3n) is 4.84. The van der Waals surface area contributed by atoms with Crippen molar-refractivity contribution in [2.24, 2.45) is 0 Å². The monoisotopic (exact) mass is 298 g/mol. The average Bonchev–Trinajstić information content (AvgIpc) is 2.45. The molecule has 1 rings (SSSR count). The molecule has 124 valence electrons. The molecule has 3 unspecified atom stereocenters. The Labute approximate surface area is 130 Å². The molecule has 3 atom stereocenters. The summed E-state index contributed by atoms with van der Waals surface area (Å²) in [6.45, 7) is 8.70. The van der Waals surface area contributed by atoms with Gasteiger partial charge in [0.25, 0.3) is 0 Å². The summed E-state index contributed by atoms with van der Waals surface area (Å²) in [6.07, 6.45) is 6.37. The Morgan fingerprint density at radius 2 is 2.10 bits per heavy atom. The Bertz CT molecular complexity index is 333. The van der Waals surface area contributed by atoms with E-state index < -0.39 is 5.54 Å². The first-order valence-electron chi connectivity index (χ1n) is 8.44. The predicted octanol–water partition coefficient (Wildman–Crippen LogP) is 2.96. The number of carbonyl (C=O) groups is 1. The zero-order valence-corrected chi connectivity index (χ0v) is 14.7. The first-order valence-corrected chi connectivity index (χ1v) is 8.44. The smallest absolute Gasteiger partial charge is 0.326 e. The second kappa shape index (κ2) is 8.14. The van der Waals surface area contributed by atoms with Crippen molar-refractivity contribution in [3.8, 4) is 0 Å². The zero-order valence-electron chi connectivity index (χ0n) is 14.7. The van der Waals surface area contributed by atoms with Crippen molar-refractivity contribution < 1.29 is 9.53 Å². The lowest BCUT2D eigenvalue weighted by atomic mass is 9.77. The highest BCUT2D eigenvalue weighted by atomic mass is 16.5. The van der Waals surface area contributed by atoms with E-state index in [1.54, 1.807) is 0 Å². The van der Waals surface area contributed by atoms with Crippen LogP contribution in [0, 0.1) is 0 Å². The van der Waals surface area contributed by atoms with Gasteiger partial charge >= 0.3 is 5.97 Å². The molecule has 0 aromatic carbocycles. The van der Waals surface area contributed by atoms with Crippen molar-refractivity contribution in [3.63, 3.8) is 0 Å². The molecule has 0 aromatic rings. The largest absolute Gasteiger partial charge is 0.468 e. The van der Waals surface area contributed by atoms with Crippen LogP contribution in [-0.2, 0) is 9.53 Å². The van der Waals surface area contributed by atoms with Gasteiger partial charge in [-0.2, -0.15) is 0 Å². The molecule has 4 nitrogen and oxygen atoms in total. The zero-order chi connectivity index (χ0) is 16.0. The second-order valence-electron chi connectivity index (χ2n) is 6.93. The summed E-state index contributed by atoms with van der Waals surface area (Å²) in [5.41, 5.74) is -0.508. The number of hydrogen-bond acceptors (Lipinski definition) is 4. The molecule has 4 heteroatoms. The Hall–Kier alpha value is -0.610. The molecule has 1 fully saturated rings. The lowest BCUT2D eigenvalue weighted by Gasteiger charge is -2.45. The molecule has 0 aromatic heterocycles. The topological polar surface area (TPSA) is 41.6 Å². The highest BCUT2D eigenvalue weighted by molar-refractivity contribution is 5.81. The molecule has 0 radical (unpaired) electrons. The molecular formula is C17H34N2O2. The minimum absolute atomic E-state index is 0.0996. The SMILES string of the molecule is CCCC(C)N(C)C1CCCC(NC(C)C)(C(=O)OC)C1. The van der Waals surface area contributed by atoms with Crippen LogP contribution in [0.1, 0.15) is 66.2 Å². The van der Waals surface area contributed by atoms with E-state index in [0.717, 1.165) is 19.3 Å². The molecule has 1 N–H and O–H groups in total. The van der Waals surface area contributed by atoms with E-state index in [1.165, 1.54) is 26.4 Å². The number of esters is 1. The Balaban J connectivity index is 2.85. The molecule has 0 spiro atoms. The summed E-state index contributed by atoms with van der Waals surface area (Å²) < 4.78 is 5.11. The van der Waals surface area contributed by atoms with E-state index in [4.69, 9.17) is 4.74 Å². The summed E-state index contributed by atoms with van der Waals surface area (Å²) in [5.74, 6) is -0.0996. The number of hydrogen-bond donors (Lipinski definition) is 1. The van der Waals surface area contributed by atoms with Gasteiger partial charge in [0.1, 0.15) is 5.54 Å². The number of carbonyl (C=O) groups excluding carboxylic acids is 1. The van der Waals surface area contributed by atoms with Gasteiger partial charge in [0.05, 0.1) is 7.11 Å². The third-order valence-corrected chi connectivity index (χ3v) is 4.84. The molecule has 0 bridgehead atoms. The maximum Gasteiger partial charge on any atom is 0.326 e. The third kappa shape index (κ3) is 4.68. The molecule has 0 amide bonds. The second-order valence-corrected chi connectivity index (χ2v) is 6.93. The van der Waals surface area contributed by atoms with Crippen molar-refractivity contribution in [2.45, 2.75) is 89.9 Å². The van der Waals surface area contributed by atoms with Gasteiger partial charge in [-0.3, -0.25) is 10.1 Å². The van der Waals surface area contributed by atoms with Gasteiger partial charge in [0.15, 0.2) is 0 Å². The molecule has 0 aliphatic heterocycles. The van der Waals surface area contributed by atoms with Crippen LogP contribution >= 0.6 is 0 Å². The first kappa shape index (κ1) is 18.4. The van der Waals surface area contributed by atoms with Crippen LogP contribution in [0.5, 0.6) is 0 Å². The maximum absolute atomic E-state index is 12.4. The first-order chi connectivity index (χ1) is 9.86. The van der Waals surface area contributed by atoms with Gasteiger partial charge in [-0.1, -0.05) is 13.3 Å². The van der Waals surface area contributed by atoms with E-state index in [2.05, 4.69) is 45.0 Å². The quantitative estimate of drug-likeness (QED) is 0.734. The Morgan fingerprint density at radius 3 is 2.62 bits per heavy atom. The van der Waals surface area contributed by atoms with Crippen LogP contribution in [0.2, 0.25) is 0 Å². The summed E-state index contributed by atoms with van der Waals surface area (Å²) in [6, 6.07) is 1.29. The average molecular weight is 298 g/mol.